The van der Waals surface area contributed by atoms with Crippen molar-refractivity contribution in [1.29, 1.82) is 0 Å². The third-order valence-electron chi connectivity index (χ3n) is 3.65. The zero-order valence-electron chi connectivity index (χ0n) is 11.1. The van der Waals surface area contributed by atoms with E-state index in [-0.39, 0.29) is 11.9 Å². The van der Waals surface area contributed by atoms with Crippen molar-refractivity contribution in [2.45, 2.75) is 18.8 Å². The average Bonchev–Trinajstić information content (AvgIpc) is 2.98. The van der Waals surface area contributed by atoms with Crippen LogP contribution in [0.3, 0.4) is 0 Å². The van der Waals surface area contributed by atoms with Gasteiger partial charge in [-0.15, -0.1) is 0 Å². The number of hydrogen-bond acceptors (Lipinski definition) is 3. The second kappa shape index (κ2) is 5.32. The number of nitrogens with zero attached hydrogens (tertiary/aromatic N) is 3. The molecule has 1 saturated heterocycles. The molecule has 0 saturated carbocycles. The molecule has 0 unspecified atom stereocenters. The second-order valence-electron chi connectivity index (χ2n) is 5.03. The fourth-order valence-electron chi connectivity index (χ4n) is 2.57. The van der Waals surface area contributed by atoms with Crippen LogP contribution in [-0.4, -0.2) is 39.2 Å². The summed E-state index contributed by atoms with van der Waals surface area (Å²) in [5.74, 6) is 1.70. The van der Waals surface area contributed by atoms with Crippen molar-refractivity contribution >= 4 is 6.03 Å². The van der Waals surface area contributed by atoms with Crippen molar-refractivity contribution in [3.05, 3.63) is 36.2 Å². The van der Waals surface area contributed by atoms with Gasteiger partial charge in [0.2, 0.25) is 0 Å². The molecule has 0 aliphatic carbocycles. The molecule has 1 fully saturated rings. The third-order valence-corrected chi connectivity index (χ3v) is 3.65. The van der Waals surface area contributed by atoms with Gasteiger partial charge in [0.15, 0.2) is 5.82 Å². The average molecular weight is 271 g/mol. The van der Waals surface area contributed by atoms with Gasteiger partial charge in [0.25, 0.3) is 0 Å². The number of primary amides is 1. The lowest BCUT2D eigenvalue weighted by Crippen LogP contribution is -2.42. The van der Waals surface area contributed by atoms with E-state index in [4.69, 9.17) is 5.73 Å². The van der Waals surface area contributed by atoms with E-state index < -0.39 is 0 Å². The van der Waals surface area contributed by atoms with Crippen molar-refractivity contribution in [3.8, 4) is 11.4 Å². The molecule has 1 atom stereocenters. The second-order valence-corrected chi connectivity index (χ2v) is 5.03. The van der Waals surface area contributed by atoms with Crippen molar-refractivity contribution in [2.75, 3.05) is 13.1 Å². The maximum Gasteiger partial charge on any atom is 0.314 e. The van der Waals surface area contributed by atoms with Gasteiger partial charge in [-0.2, -0.15) is 5.10 Å². The van der Waals surface area contributed by atoms with Crippen molar-refractivity contribution in [3.63, 3.8) is 0 Å². The van der Waals surface area contributed by atoms with Crippen LogP contribution in [0.4, 0.5) is 4.79 Å². The number of likely N-dealkylation sites (tertiary alicyclic amines) is 1. The number of aromatic amines is 1. The normalized spacial score (nSPS) is 19.0. The Morgan fingerprint density at radius 2 is 2.15 bits per heavy atom. The molecular formula is C14H17N5O. The number of aromatic nitrogens is 3. The van der Waals surface area contributed by atoms with Gasteiger partial charge in [-0.3, -0.25) is 5.10 Å². The van der Waals surface area contributed by atoms with Crippen LogP contribution in [0.15, 0.2) is 30.3 Å². The summed E-state index contributed by atoms with van der Waals surface area (Å²) >= 11 is 0. The van der Waals surface area contributed by atoms with Gasteiger partial charge in [0.05, 0.1) is 0 Å². The van der Waals surface area contributed by atoms with Gasteiger partial charge < -0.3 is 10.6 Å². The lowest BCUT2D eigenvalue weighted by atomic mass is 9.98. The number of rotatable bonds is 2. The fraction of sp³-hybridized carbons (Fsp3) is 0.357. The molecule has 1 aromatic carbocycles. The maximum atomic E-state index is 11.3. The molecular weight excluding hydrogens is 254 g/mol. The molecule has 0 radical (unpaired) electrons. The number of nitrogens with two attached hydrogens (primary N) is 1. The summed E-state index contributed by atoms with van der Waals surface area (Å²) in [7, 11) is 0. The van der Waals surface area contributed by atoms with E-state index >= 15 is 0 Å². The molecule has 0 spiro atoms. The van der Waals surface area contributed by atoms with Crippen LogP contribution in [0.1, 0.15) is 24.6 Å². The Bertz CT molecular complexity index is 595. The predicted molar refractivity (Wildman–Crippen MR) is 75.0 cm³/mol. The van der Waals surface area contributed by atoms with E-state index in [0.29, 0.717) is 12.4 Å². The number of nitrogens with one attached hydrogen (secondary N) is 1. The van der Waals surface area contributed by atoms with Crippen LogP contribution in [-0.2, 0) is 0 Å². The monoisotopic (exact) mass is 271 g/mol. The van der Waals surface area contributed by atoms with Gasteiger partial charge in [0.1, 0.15) is 5.82 Å². The number of carbonyl (C=O) groups is 1. The molecule has 6 heteroatoms. The minimum absolute atomic E-state index is 0.182. The Hall–Kier alpha value is -2.37. The SMILES string of the molecule is NC(=O)N1CCC[C@@H](c2nc(-c3ccccc3)n[nH]2)C1. The van der Waals surface area contributed by atoms with Crippen LogP contribution < -0.4 is 5.73 Å². The summed E-state index contributed by atoms with van der Waals surface area (Å²) in [5, 5.41) is 7.25. The molecule has 0 bridgehead atoms. The molecule has 2 aromatic rings. The molecule has 1 aromatic heterocycles. The highest BCUT2D eigenvalue weighted by Gasteiger charge is 2.25. The van der Waals surface area contributed by atoms with Crippen LogP contribution in [0.25, 0.3) is 11.4 Å². The highest BCUT2D eigenvalue weighted by molar-refractivity contribution is 5.72. The first-order valence-corrected chi connectivity index (χ1v) is 6.76. The summed E-state index contributed by atoms with van der Waals surface area (Å²) in [6, 6.07) is 9.47. The smallest absolute Gasteiger partial charge is 0.314 e. The van der Waals surface area contributed by atoms with Crippen LogP contribution in [0.2, 0.25) is 0 Å². The minimum atomic E-state index is -0.363. The zero-order valence-corrected chi connectivity index (χ0v) is 11.1. The Labute approximate surface area is 117 Å². The van der Waals surface area contributed by atoms with Crippen molar-refractivity contribution in [1.82, 2.24) is 20.1 Å². The maximum absolute atomic E-state index is 11.3. The van der Waals surface area contributed by atoms with Gasteiger partial charge in [0, 0.05) is 24.6 Å². The van der Waals surface area contributed by atoms with E-state index in [2.05, 4.69) is 15.2 Å². The number of amides is 2. The molecule has 2 amide bonds. The molecule has 20 heavy (non-hydrogen) atoms. The Morgan fingerprint density at radius 1 is 1.35 bits per heavy atom. The first-order chi connectivity index (χ1) is 9.74. The van der Waals surface area contributed by atoms with Crippen LogP contribution in [0, 0.1) is 0 Å². The molecule has 3 rings (SSSR count). The van der Waals surface area contributed by atoms with E-state index in [1.165, 1.54) is 0 Å². The number of hydrogen-bond donors (Lipinski definition) is 2. The lowest BCUT2D eigenvalue weighted by Gasteiger charge is -2.30. The third kappa shape index (κ3) is 2.49. The number of benzene rings is 1. The van der Waals surface area contributed by atoms with E-state index in [1.54, 1.807) is 4.90 Å². The van der Waals surface area contributed by atoms with Gasteiger partial charge in [-0.1, -0.05) is 30.3 Å². The highest BCUT2D eigenvalue weighted by atomic mass is 16.2. The Kier molecular flexibility index (Phi) is 3.37. The summed E-state index contributed by atoms with van der Waals surface area (Å²) in [4.78, 5) is 17.5. The number of carbonyl (C=O) groups excluding carboxylic acids is 1. The van der Waals surface area contributed by atoms with Crippen molar-refractivity contribution < 1.29 is 4.79 Å². The summed E-state index contributed by atoms with van der Waals surface area (Å²) < 4.78 is 0. The minimum Gasteiger partial charge on any atom is -0.351 e. The molecule has 3 N–H and O–H groups in total. The van der Waals surface area contributed by atoms with E-state index in [9.17, 15) is 4.79 Å². The van der Waals surface area contributed by atoms with E-state index in [0.717, 1.165) is 30.8 Å². The zero-order chi connectivity index (χ0) is 13.9. The number of piperidine rings is 1. The molecule has 1 aliphatic rings. The highest BCUT2D eigenvalue weighted by Crippen LogP contribution is 2.25. The standard InChI is InChI=1S/C14H17N5O/c15-14(20)19-8-4-7-11(9-19)13-16-12(17-18-13)10-5-2-1-3-6-10/h1-3,5-6,11H,4,7-9H2,(H2,15,20)(H,16,17,18)/t11-/m1/s1. The molecule has 2 heterocycles. The van der Waals surface area contributed by atoms with Gasteiger partial charge in [-0.25, -0.2) is 9.78 Å². The first-order valence-electron chi connectivity index (χ1n) is 6.76. The van der Waals surface area contributed by atoms with Crippen molar-refractivity contribution in [2.24, 2.45) is 5.73 Å². The van der Waals surface area contributed by atoms with E-state index in [1.807, 2.05) is 30.3 Å². The number of H-pyrrole nitrogens is 1. The summed E-state index contributed by atoms with van der Waals surface area (Å²) in [6.07, 6.45) is 1.93. The summed E-state index contributed by atoms with van der Waals surface area (Å²) in [5.41, 5.74) is 6.33. The Morgan fingerprint density at radius 3 is 2.90 bits per heavy atom. The number of urea groups is 1. The topological polar surface area (TPSA) is 87.9 Å². The lowest BCUT2D eigenvalue weighted by molar-refractivity contribution is 0.187. The molecule has 6 nitrogen and oxygen atoms in total. The molecule has 104 valence electrons. The quantitative estimate of drug-likeness (QED) is 0.871. The summed E-state index contributed by atoms with van der Waals surface area (Å²) in [6.45, 7) is 1.34. The Balaban J connectivity index is 1.78. The molecule has 1 aliphatic heterocycles. The fourth-order valence-corrected chi connectivity index (χ4v) is 2.57. The predicted octanol–water partition coefficient (Wildman–Crippen LogP) is 1.73. The van der Waals surface area contributed by atoms with Gasteiger partial charge in [-0.05, 0) is 12.8 Å². The largest absolute Gasteiger partial charge is 0.351 e. The first kappa shape index (κ1) is 12.7. The van der Waals surface area contributed by atoms with Gasteiger partial charge >= 0.3 is 6.03 Å². The van der Waals surface area contributed by atoms with Crippen LogP contribution in [0.5, 0.6) is 0 Å². The van der Waals surface area contributed by atoms with Crippen LogP contribution >= 0.6 is 0 Å².